The summed E-state index contributed by atoms with van der Waals surface area (Å²) in [5, 5.41) is 12.1. The molecule has 3 N–H and O–H groups in total. The molecule has 23 heavy (non-hydrogen) atoms. The Hall–Kier alpha value is -2.83. The molecule has 1 aromatic heterocycles. The van der Waals surface area contributed by atoms with E-state index in [0.717, 1.165) is 10.9 Å². The topological polar surface area (TPSA) is 102 Å². The molecule has 7 nitrogen and oxygen atoms in total. The van der Waals surface area contributed by atoms with Crippen LogP contribution in [0.4, 0.5) is 0 Å². The van der Waals surface area contributed by atoms with Gasteiger partial charge in [0.2, 0.25) is 5.91 Å². The number of nitrogens with zero attached hydrogens (tertiary/aromatic N) is 1. The van der Waals surface area contributed by atoms with Crippen molar-refractivity contribution in [2.45, 2.75) is 12.8 Å². The molecule has 2 amide bonds. The number of benzene rings is 1. The molecule has 2 rings (SSSR count). The van der Waals surface area contributed by atoms with Gasteiger partial charge in [0.25, 0.3) is 5.91 Å². The molecule has 122 valence electrons. The Bertz CT molecular complexity index is 690. The molecule has 0 atom stereocenters. The summed E-state index contributed by atoms with van der Waals surface area (Å²) < 4.78 is 0. The van der Waals surface area contributed by atoms with Crippen LogP contribution in [0.15, 0.2) is 30.3 Å². The highest BCUT2D eigenvalue weighted by molar-refractivity contribution is 5.99. The first-order chi connectivity index (χ1) is 11.0. The minimum atomic E-state index is -0.891. The number of hydrogen-bond donors (Lipinski definition) is 3. The Labute approximate surface area is 133 Å². The Balaban J connectivity index is 1.83. The summed E-state index contributed by atoms with van der Waals surface area (Å²) in [5.74, 6) is -1.51. The van der Waals surface area contributed by atoms with Crippen molar-refractivity contribution in [3.8, 4) is 0 Å². The van der Waals surface area contributed by atoms with Crippen molar-refractivity contribution in [3.63, 3.8) is 0 Å². The molecule has 0 aliphatic rings. The van der Waals surface area contributed by atoms with Gasteiger partial charge in [0.05, 0.1) is 6.54 Å². The third-order valence-corrected chi connectivity index (χ3v) is 3.48. The molecule has 0 bridgehead atoms. The van der Waals surface area contributed by atoms with Gasteiger partial charge in [0, 0.05) is 30.9 Å². The van der Waals surface area contributed by atoms with E-state index >= 15 is 0 Å². The molecule has 1 aromatic carbocycles. The number of H-pyrrole nitrogens is 1. The van der Waals surface area contributed by atoms with Gasteiger partial charge in [-0.25, -0.2) is 0 Å². The molecule has 2 aromatic rings. The maximum atomic E-state index is 12.1. The molecule has 0 spiro atoms. The number of aliphatic carboxylic acids is 1. The van der Waals surface area contributed by atoms with Crippen LogP contribution < -0.4 is 5.32 Å². The first kappa shape index (κ1) is 16.5. The Kier molecular flexibility index (Phi) is 5.35. The van der Waals surface area contributed by atoms with Crippen LogP contribution in [-0.2, 0) is 9.59 Å². The van der Waals surface area contributed by atoms with E-state index in [4.69, 9.17) is 5.11 Å². The van der Waals surface area contributed by atoms with Crippen LogP contribution in [0.1, 0.15) is 23.3 Å². The van der Waals surface area contributed by atoms with Crippen LogP contribution in [0.5, 0.6) is 0 Å². The third-order valence-electron chi connectivity index (χ3n) is 3.48. The second kappa shape index (κ2) is 7.44. The van der Waals surface area contributed by atoms with E-state index in [1.54, 1.807) is 13.1 Å². The van der Waals surface area contributed by atoms with E-state index in [9.17, 15) is 14.4 Å². The lowest BCUT2D eigenvalue weighted by atomic mass is 10.2. The Morgan fingerprint density at radius 1 is 1.26 bits per heavy atom. The van der Waals surface area contributed by atoms with Crippen molar-refractivity contribution >= 4 is 28.7 Å². The fraction of sp³-hybridized carbons (Fsp3) is 0.312. The van der Waals surface area contributed by atoms with Gasteiger partial charge in [-0.15, -0.1) is 0 Å². The zero-order valence-electron chi connectivity index (χ0n) is 12.8. The van der Waals surface area contributed by atoms with Crippen molar-refractivity contribution in [3.05, 3.63) is 36.0 Å². The highest BCUT2D eigenvalue weighted by atomic mass is 16.4. The number of aromatic nitrogens is 1. The first-order valence-electron chi connectivity index (χ1n) is 7.29. The van der Waals surface area contributed by atoms with Gasteiger partial charge >= 0.3 is 5.97 Å². The van der Waals surface area contributed by atoms with E-state index in [2.05, 4.69) is 10.3 Å². The van der Waals surface area contributed by atoms with Gasteiger partial charge in [0.1, 0.15) is 5.69 Å². The first-order valence-corrected chi connectivity index (χ1v) is 7.29. The van der Waals surface area contributed by atoms with Crippen LogP contribution >= 0.6 is 0 Å². The number of aromatic amines is 1. The van der Waals surface area contributed by atoms with Gasteiger partial charge in [-0.05, 0) is 18.6 Å². The van der Waals surface area contributed by atoms with Crippen LogP contribution in [0, 0.1) is 0 Å². The zero-order chi connectivity index (χ0) is 16.8. The molecule has 0 aliphatic carbocycles. The predicted octanol–water partition coefficient (Wildman–Crippen LogP) is 1.22. The zero-order valence-corrected chi connectivity index (χ0v) is 12.8. The number of carbonyl (C=O) groups is 3. The molecule has 0 fully saturated rings. The summed E-state index contributed by atoms with van der Waals surface area (Å²) in [7, 11) is 1.58. The summed E-state index contributed by atoms with van der Waals surface area (Å²) in [6.07, 6.45) is 0.395. The maximum absolute atomic E-state index is 12.1. The lowest BCUT2D eigenvalue weighted by Crippen LogP contribution is -2.38. The monoisotopic (exact) mass is 317 g/mol. The van der Waals surface area contributed by atoms with E-state index in [1.165, 1.54) is 4.90 Å². The molecular weight excluding hydrogens is 298 g/mol. The van der Waals surface area contributed by atoms with E-state index in [-0.39, 0.29) is 24.8 Å². The highest BCUT2D eigenvalue weighted by Crippen LogP contribution is 2.14. The summed E-state index contributed by atoms with van der Waals surface area (Å²) in [6, 6.07) is 9.24. The third kappa shape index (κ3) is 4.57. The number of carbonyl (C=O) groups excluding carboxylic acids is 2. The van der Waals surface area contributed by atoms with Crippen LogP contribution in [0.25, 0.3) is 10.9 Å². The number of carboxylic acid groups (broad SMARTS) is 1. The minimum absolute atomic E-state index is 0.0129. The second-order valence-electron chi connectivity index (χ2n) is 5.27. The quantitative estimate of drug-likeness (QED) is 0.714. The fourth-order valence-electron chi connectivity index (χ4n) is 2.17. The average molecular weight is 317 g/mol. The number of rotatable bonds is 7. The van der Waals surface area contributed by atoms with Gasteiger partial charge in [-0.1, -0.05) is 18.2 Å². The van der Waals surface area contributed by atoms with Crippen LogP contribution in [-0.4, -0.2) is 52.9 Å². The van der Waals surface area contributed by atoms with Gasteiger partial charge in [-0.2, -0.15) is 0 Å². The summed E-state index contributed by atoms with van der Waals surface area (Å²) >= 11 is 0. The molecule has 0 saturated carbocycles. The highest BCUT2D eigenvalue weighted by Gasteiger charge is 2.13. The number of nitrogens with one attached hydrogen (secondary N) is 2. The summed E-state index contributed by atoms with van der Waals surface area (Å²) in [5.41, 5.74) is 1.25. The summed E-state index contributed by atoms with van der Waals surface area (Å²) in [6.45, 7) is 0.213. The molecular formula is C16H19N3O4. The smallest absolute Gasteiger partial charge is 0.303 e. The molecule has 7 heteroatoms. The predicted molar refractivity (Wildman–Crippen MR) is 85.1 cm³/mol. The normalized spacial score (nSPS) is 10.5. The number of para-hydroxylation sites is 1. The van der Waals surface area contributed by atoms with Crippen molar-refractivity contribution in [1.82, 2.24) is 15.2 Å². The number of amides is 2. The van der Waals surface area contributed by atoms with Crippen LogP contribution in [0.3, 0.4) is 0 Å². The molecule has 0 aliphatic heterocycles. The van der Waals surface area contributed by atoms with Crippen molar-refractivity contribution in [2.75, 3.05) is 20.1 Å². The lowest BCUT2D eigenvalue weighted by Gasteiger charge is -2.16. The van der Waals surface area contributed by atoms with Crippen LogP contribution in [0.2, 0.25) is 0 Å². The Morgan fingerprint density at radius 2 is 2.00 bits per heavy atom. The minimum Gasteiger partial charge on any atom is -0.481 e. The average Bonchev–Trinajstić information content (AvgIpc) is 2.95. The SMILES string of the molecule is CN(CCCC(=O)O)C(=O)CNC(=O)c1cc2ccccc2[nH]1. The second-order valence-corrected chi connectivity index (χ2v) is 5.27. The van der Waals surface area contributed by atoms with Gasteiger partial charge < -0.3 is 20.3 Å². The molecule has 0 radical (unpaired) electrons. The number of likely N-dealkylation sites (N-methyl/N-ethyl adjacent to an activating group) is 1. The van der Waals surface area contributed by atoms with Gasteiger partial charge in [-0.3, -0.25) is 14.4 Å². The standard InChI is InChI=1S/C16H19N3O4/c1-19(8-4-7-15(21)22)14(20)10-17-16(23)13-9-11-5-2-3-6-12(11)18-13/h2-3,5-6,9,18H,4,7-8,10H2,1H3,(H,17,23)(H,21,22). The molecule has 0 saturated heterocycles. The fourth-order valence-corrected chi connectivity index (χ4v) is 2.17. The molecule has 1 heterocycles. The molecule has 0 unspecified atom stereocenters. The van der Waals surface area contributed by atoms with Crippen molar-refractivity contribution < 1.29 is 19.5 Å². The van der Waals surface area contributed by atoms with Crippen molar-refractivity contribution in [2.24, 2.45) is 0 Å². The number of hydrogen-bond acceptors (Lipinski definition) is 3. The van der Waals surface area contributed by atoms with E-state index in [0.29, 0.717) is 18.7 Å². The number of carboxylic acids is 1. The lowest BCUT2D eigenvalue weighted by molar-refractivity contribution is -0.137. The summed E-state index contributed by atoms with van der Waals surface area (Å²) in [4.78, 5) is 38.8. The largest absolute Gasteiger partial charge is 0.481 e. The van der Waals surface area contributed by atoms with Gasteiger partial charge in [0.15, 0.2) is 0 Å². The van der Waals surface area contributed by atoms with Crippen molar-refractivity contribution in [1.29, 1.82) is 0 Å². The van der Waals surface area contributed by atoms with E-state index < -0.39 is 5.97 Å². The van der Waals surface area contributed by atoms with E-state index in [1.807, 2.05) is 24.3 Å². The maximum Gasteiger partial charge on any atom is 0.303 e. The number of fused-ring (bicyclic) bond motifs is 1. The Morgan fingerprint density at radius 3 is 2.70 bits per heavy atom.